The van der Waals surface area contributed by atoms with Gasteiger partial charge in [0.05, 0.1) is 0 Å². The largest absolute Gasteiger partial charge is 0.339 e. The van der Waals surface area contributed by atoms with E-state index in [1.165, 1.54) is 6.42 Å². The number of aryl methyl sites for hydroxylation is 2. The highest BCUT2D eigenvalue weighted by molar-refractivity contribution is 5.53. The Bertz CT molecular complexity index is 611. The minimum absolute atomic E-state index is 0.180. The Morgan fingerprint density at radius 2 is 2.15 bits per heavy atom. The summed E-state index contributed by atoms with van der Waals surface area (Å²) in [6, 6.07) is 2.08. The second-order valence-electron chi connectivity index (χ2n) is 5.92. The third-order valence-electron chi connectivity index (χ3n) is 4.27. The Kier molecular flexibility index (Phi) is 3.30. The summed E-state index contributed by atoms with van der Waals surface area (Å²) in [5.74, 6) is 1.25. The molecule has 2 aromatic heterocycles. The van der Waals surface area contributed by atoms with Gasteiger partial charge in [-0.05, 0) is 49.8 Å². The lowest BCUT2D eigenvalue weighted by Crippen LogP contribution is -2.39. The van der Waals surface area contributed by atoms with E-state index in [2.05, 4.69) is 21.2 Å². The quantitative estimate of drug-likeness (QED) is 0.924. The molecule has 5 heteroatoms. The standard InChI is InChI=1S/C15H20N4O/c1-10-6-11(2)13(17-8-10)14-18-12(20-19-14)7-15(9-16)4-3-5-15/h6,8H,3-5,7,9,16H2,1-2H3. The van der Waals surface area contributed by atoms with Crippen molar-refractivity contribution in [3.8, 4) is 11.5 Å². The summed E-state index contributed by atoms with van der Waals surface area (Å²) in [6.45, 7) is 4.72. The fraction of sp³-hybridized carbons (Fsp3) is 0.533. The fourth-order valence-electron chi connectivity index (χ4n) is 2.82. The molecule has 0 radical (unpaired) electrons. The van der Waals surface area contributed by atoms with Crippen molar-refractivity contribution in [2.45, 2.75) is 39.5 Å². The van der Waals surface area contributed by atoms with Crippen LogP contribution in [0.2, 0.25) is 0 Å². The zero-order valence-electron chi connectivity index (χ0n) is 12.0. The molecule has 5 nitrogen and oxygen atoms in total. The number of hydrogen-bond acceptors (Lipinski definition) is 5. The van der Waals surface area contributed by atoms with Crippen LogP contribution in [0.3, 0.4) is 0 Å². The van der Waals surface area contributed by atoms with E-state index >= 15 is 0 Å². The first-order valence-electron chi connectivity index (χ1n) is 7.08. The van der Waals surface area contributed by atoms with Crippen LogP contribution in [0.4, 0.5) is 0 Å². The maximum absolute atomic E-state index is 5.87. The summed E-state index contributed by atoms with van der Waals surface area (Å²) in [4.78, 5) is 8.89. The molecule has 20 heavy (non-hydrogen) atoms. The molecule has 0 atom stereocenters. The minimum atomic E-state index is 0.180. The Hall–Kier alpha value is -1.75. The van der Waals surface area contributed by atoms with Gasteiger partial charge in [-0.3, -0.25) is 4.98 Å². The van der Waals surface area contributed by atoms with E-state index in [4.69, 9.17) is 10.3 Å². The Morgan fingerprint density at radius 1 is 1.35 bits per heavy atom. The van der Waals surface area contributed by atoms with Gasteiger partial charge in [0.15, 0.2) is 0 Å². The highest BCUT2D eigenvalue weighted by Crippen LogP contribution is 2.42. The minimum Gasteiger partial charge on any atom is -0.339 e. The van der Waals surface area contributed by atoms with Crippen LogP contribution >= 0.6 is 0 Å². The first-order valence-corrected chi connectivity index (χ1v) is 7.08. The molecule has 1 aliphatic rings. The van der Waals surface area contributed by atoms with Gasteiger partial charge in [-0.1, -0.05) is 17.6 Å². The van der Waals surface area contributed by atoms with Crippen LogP contribution in [-0.2, 0) is 6.42 Å². The molecule has 3 rings (SSSR count). The lowest BCUT2D eigenvalue weighted by Gasteiger charge is -2.39. The smallest absolute Gasteiger partial charge is 0.227 e. The Balaban J connectivity index is 1.83. The second kappa shape index (κ2) is 4.98. The fourth-order valence-corrected chi connectivity index (χ4v) is 2.82. The first kappa shape index (κ1) is 13.2. The molecular formula is C15H20N4O. The highest BCUT2D eigenvalue weighted by Gasteiger charge is 2.37. The molecule has 2 heterocycles. The monoisotopic (exact) mass is 272 g/mol. The van der Waals surface area contributed by atoms with Crippen molar-refractivity contribution < 1.29 is 4.52 Å². The van der Waals surface area contributed by atoms with Crippen molar-refractivity contribution in [2.75, 3.05) is 6.54 Å². The number of rotatable bonds is 4. The molecule has 2 aromatic rings. The molecule has 0 amide bonds. The molecule has 2 N–H and O–H groups in total. The molecule has 0 spiro atoms. The maximum Gasteiger partial charge on any atom is 0.227 e. The van der Waals surface area contributed by atoms with Crippen LogP contribution in [0.15, 0.2) is 16.8 Å². The van der Waals surface area contributed by atoms with Crippen molar-refractivity contribution in [3.05, 3.63) is 29.3 Å². The number of pyridine rings is 1. The van der Waals surface area contributed by atoms with E-state index in [1.54, 1.807) is 0 Å². The normalized spacial score (nSPS) is 16.9. The van der Waals surface area contributed by atoms with Crippen LogP contribution in [0, 0.1) is 19.3 Å². The van der Waals surface area contributed by atoms with Crippen molar-refractivity contribution in [1.82, 2.24) is 15.1 Å². The Labute approximate surface area is 118 Å². The summed E-state index contributed by atoms with van der Waals surface area (Å²) in [6.07, 6.45) is 6.16. The Morgan fingerprint density at radius 3 is 2.75 bits per heavy atom. The first-order chi connectivity index (χ1) is 9.62. The number of nitrogens with two attached hydrogens (primary N) is 1. The molecule has 106 valence electrons. The molecule has 0 bridgehead atoms. The van der Waals surface area contributed by atoms with Crippen molar-refractivity contribution >= 4 is 0 Å². The van der Waals surface area contributed by atoms with Gasteiger partial charge < -0.3 is 10.3 Å². The zero-order valence-corrected chi connectivity index (χ0v) is 12.0. The molecule has 1 saturated carbocycles. The van der Waals surface area contributed by atoms with Gasteiger partial charge in [0, 0.05) is 12.6 Å². The lowest BCUT2D eigenvalue weighted by molar-refractivity contribution is 0.129. The van der Waals surface area contributed by atoms with Gasteiger partial charge in [-0.15, -0.1) is 0 Å². The third-order valence-corrected chi connectivity index (χ3v) is 4.27. The van der Waals surface area contributed by atoms with Crippen molar-refractivity contribution in [3.63, 3.8) is 0 Å². The molecule has 1 aliphatic carbocycles. The van der Waals surface area contributed by atoms with E-state index in [9.17, 15) is 0 Å². The van der Waals surface area contributed by atoms with E-state index in [0.717, 1.165) is 36.1 Å². The highest BCUT2D eigenvalue weighted by atomic mass is 16.5. The van der Waals surface area contributed by atoms with Crippen molar-refractivity contribution in [1.29, 1.82) is 0 Å². The average Bonchev–Trinajstić information content (AvgIpc) is 2.82. The third kappa shape index (κ3) is 2.33. The predicted molar refractivity (Wildman–Crippen MR) is 76.0 cm³/mol. The van der Waals surface area contributed by atoms with Crippen LogP contribution in [0.1, 0.15) is 36.3 Å². The zero-order chi connectivity index (χ0) is 14.2. The summed E-state index contributed by atoms with van der Waals surface area (Å²) in [5.41, 5.74) is 9.04. The predicted octanol–water partition coefficient (Wildman–Crippen LogP) is 2.42. The van der Waals surface area contributed by atoms with E-state index in [0.29, 0.717) is 18.3 Å². The van der Waals surface area contributed by atoms with Crippen molar-refractivity contribution in [2.24, 2.45) is 11.1 Å². The second-order valence-corrected chi connectivity index (χ2v) is 5.92. The van der Waals surface area contributed by atoms with E-state index in [1.807, 2.05) is 20.0 Å². The van der Waals surface area contributed by atoms with Crippen LogP contribution in [-0.4, -0.2) is 21.7 Å². The van der Waals surface area contributed by atoms with Crippen LogP contribution < -0.4 is 5.73 Å². The lowest BCUT2D eigenvalue weighted by atomic mass is 9.67. The van der Waals surface area contributed by atoms with Gasteiger partial charge >= 0.3 is 0 Å². The van der Waals surface area contributed by atoms with Crippen LogP contribution in [0.5, 0.6) is 0 Å². The van der Waals surface area contributed by atoms with Gasteiger partial charge in [0.25, 0.3) is 0 Å². The summed E-state index contributed by atoms with van der Waals surface area (Å²) in [5, 5.41) is 4.06. The number of aromatic nitrogens is 3. The van der Waals surface area contributed by atoms with Gasteiger partial charge in [0.1, 0.15) is 5.69 Å². The molecule has 0 unspecified atom stereocenters. The maximum atomic E-state index is 5.87. The SMILES string of the molecule is Cc1cnc(-c2noc(CC3(CN)CCC3)n2)c(C)c1. The van der Waals surface area contributed by atoms with Gasteiger partial charge in [-0.2, -0.15) is 4.98 Å². The van der Waals surface area contributed by atoms with Gasteiger partial charge in [-0.25, -0.2) is 0 Å². The summed E-state index contributed by atoms with van der Waals surface area (Å²) >= 11 is 0. The van der Waals surface area contributed by atoms with Gasteiger partial charge in [0.2, 0.25) is 11.7 Å². The molecular weight excluding hydrogens is 252 g/mol. The number of nitrogens with zero attached hydrogens (tertiary/aromatic N) is 3. The topological polar surface area (TPSA) is 77.8 Å². The van der Waals surface area contributed by atoms with Crippen LogP contribution in [0.25, 0.3) is 11.5 Å². The molecule has 0 aromatic carbocycles. The summed E-state index contributed by atoms with van der Waals surface area (Å²) < 4.78 is 5.38. The molecule has 0 saturated heterocycles. The van der Waals surface area contributed by atoms with E-state index < -0.39 is 0 Å². The molecule has 1 fully saturated rings. The van der Waals surface area contributed by atoms with E-state index in [-0.39, 0.29) is 5.41 Å². The molecule has 0 aliphatic heterocycles. The number of hydrogen-bond donors (Lipinski definition) is 1. The summed E-state index contributed by atoms with van der Waals surface area (Å²) in [7, 11) is 0. The average molecular weight is 272 g/mol.